The van der Waals surface area contributed by atoms with Gasteiger partial charge in [0.15, 0.2) is 5.96 Å². The van der Waals surface area contributed by atoms with Gasteiger partial charge in [0, 0.05) is 47.0 Å². The lowest BCUT2D eigenvalue weighted by Crippen LogP contribution is -2.49. The average molecular weight is 563 g/mol. The number of aliphatic imine (C=N–C) groups is 1. The van der Waals surface area contributed by atoms with Crippen molar-refractivity contribution in [3.05, 3.63) is 29.8 Å². The number of hydrogen-bond acceptors (Lipinski definition) is 5. The Morgan fingerprint density at radius 3 is 2.50 bits per heavy atom. The van der Waals surface area contributed by atoms with Crippen LogP contribution in [0.15, 0.2) is 29.3 Å². The minimum Gasteiger partial charge on any atom is -0.497 e. The quantitative estimate of drug-likeness (QED) is 0.181. The number of likely N-dealkylation sites (tertiary alicyclic amines) is 1. The SMILES string of the molecule is CCN(CC)C(CNC(=NC)N1CCC(OCCCOC)CC1)c1cccc(OC)c1.I. The number of piperidine rings is 1. The zero-order valence-electron chi connectivity index (χ0n) is 20.5. The fraction of sp³-hybridized carbons (Fsp3) is 0.708. The van der Waals surface area contributed by atoms with Gasteiger partial charge in [0.1, 0.15) is 5.75 Å². The Hall–Kier alpha value is -1.10. The highest BCUT2D eigenvalue weighted by atomic mass is 127. The molecule has 1 aliphatic heterocycles. The second-order valence-corrected chi connectivity index (χ2v) is 7.85. The molecule has 1 saturated heterocycles. The van der Waals surface area contributed by atoms with E-state index in [0.717, 1.165) is 76.9 Å². The first-order chi connectivity index (χ1) is 15.2. The van der Waals surface area contributed by atoms with Crippen LogP contribution in [0, 0.1) is 0 Å². The molecule has 32 heavy (non-hydrogen) atoms. The second-order valence-electron chi connectivity index (χ2n) is 7.85. The molecule has 0 aliphatic carbocycles. The maximum absolute atomic E-state index is 6.00. The van der Waals surface area contributed by atoms with E-state index in [0.29, 0.717) is 6.10 Å². The summed E-state index contributed by atoms with van der Waals surface area (Å²) < 4.78 is 16.6. The molecule has 2 rings (SSSR count). The van der Waals surface area contributed by atoms with Crippen molar-refractivity contribution >= 4 is 29.9 Å². The number of benzene rings is 1. The molecule has 1 N–H and O–H groups in total. The molecule has 1 unspecified atom stereocenters. The van der Waals surface area contributed by atoms with Gasteiger partial charge >= 0.3 is 0 Å². The number of nitrogens with one attached hydrogen (secondary N) is 1. The third-order valence-corrected chi connectivity index (χ3v) is 5.98. The van der Waals surface area contributed by atoms with E-state index in [1.54, 1.807) is 14.2 Å². The van der Waals surface area contributed by atoms with Crippen molar-refractivity contribution in [2.75, 3.05) is 67.2 Å². The average Bonchev–Trinajstić information content (AvgIpc) is 2.82. The third-order valence-electron chi connectivity index (χ3n) is 5.98. The number of guanidine groups is 1. The fourth-order valence-electron chi connectivity index (χ4n) is 4.18. The maximum atomic E-state index is 6.00. The monoisotopic (exact) mass is 562 g/mol. The zero-order valence-corrected chi connectivity index (χ0v) is 22.8. The predicted octanol–water partition coefficient (Wildman–Crippen LogP) is 3.79. The smallest absolute Gasteiger partial charge is 0.193 e. The summed E-state index contributed by atoms with van der Waals surface area (Å²) in [5.74, 6) is 1.87. The van der Waals surface area contributed by atoms with Gasteiger partial charge < -0.3 is 24.4 Å². The Labute approximate surface area is 211 Å². The minimum atomic E-state index is 0. The van der Waals surface area contributed by atoms with E-state index in [4.69, 9.17) is 14.2 Å². The molecule has 1 atom stereocenters. The summed E-state index contributed by atoms with van der Waals surface area (Å²) >= 11 is 0. The van der Waals surface area contributed by atoms with Crippen LogP contribution in [0.25, 0.3) is 0 Å². The predicted molar refractivity (Wildman–Crippen MR) is 142 cm³/mol. The lowest BCUT2D eigenvalue weighted by atomic mass is 10.0. The largest absolute Gasteiger partial charge is 0.497 e. The molecule has 1 aromatic rings. The van der Waals surface area contributed by atoms with Gasteiger partial charge in [-0.25, -0.2) is 0 Å². The van der Waals surface area contributed by atoms with Gasteiger partial charge in [0.2, 0.25) is 0 Å². The number of methoxy groups -OCH3 is 2. The van der Waals surface area contributed by atoms with Gasteiger partial charge in [-0.15, -0.1) is 24.0 Å². The van der Waals surface area contributed by atoms with Crippen molar-refractivity contribution in [1.29, 1.82) is 0 Å². The van der Waals surface area contributed by atoms with Crippen molar-refractivity contribution in [2.45, 2.75) is 45.3 Å². The zero-order chi connectivity index (χ0) is 22.5. The molecule has 1 aromatic carbocycles. The number of ether oxygens (including phenoxy) is 3. The first kappa shape index (κ1) is 28.9. The van der Waals surface area contributed by atoms with Crippen LogP contribution < -0.4 is 10.1 Å². The number of rotatable bonds is 12. The van der Waals surface area contributed by atoms with Crippen LogP contribution in [-0.2, 0) is 9.47 Å². The normalized spacial score (nSPS) is 16.1. The van der Waals surface area contributed by atoms with Crippen LogP contribution in [0.2, 0.25) is 0 Å². The van der Waals surface area contributed by atoms with E-state index in [1.807, 2.05) is 13.1 Å². The lowest BCUT2D eigenvalue weighted by Gasteiger charge is -2.36. The van der Waals surface area contributed by atoms with Crippen molar-refractivity contribution in [3.8, 4) is 5.75 Å². The molecule has 0 aromatic heterocycles. The second kappa shape index (κ2) is 16.5. The topological polar surface area (TPSA) is 58.6 Å². The molecule has 1 fully saturated rings. The van der Waals surface area contributed by atoms with E-state index >= 15 is 0 Å². The Morgan fingerprint density at radius 2 is 1.91 bits per heavy atom. The summed E-state index contributed by atoms with van der Waals surface area (Å²) in [6.07, 6.45) is 3.36. The van der Waals surface area contributed by atoms with Gasteiger partial charge in [-0.1, -0.05) is 26.0 Å². The molecule has 0 amide bonds. The van der Waals surface area contributed by atoms with Gasteiger partial charge in [0.25, 0.3) is 0 Å². The maximum Gasteiger partial charge on any atom is 0.193 e. The number of likely N-dealkylation sites (N-methyl/N-ethyl adjacent to an activating group) is 1. The summed E-state index contributed by atoms with van der Waals surface area (Å²) in [6.45, 7) is 10.7. The molecular weight excluding hydrogens is 519 g/mol. The standard InChI is InChI=1S/C24H42N4O3.HI/c1-6-27(7-2)23(20-10-8-11-22(18-20)30-5)19-26-24(25-3)28-14-12-21(13-15-28)31-17-9-16-29-4;/h8,10-11,18,21,23H,6-7,9,12-17,19H2,1-5H3,(H,25,26);1H. The van der Waals surface area contributed by atoms with Gasteiger partial charge in [-0.2, -0.15) is 0 Å². The van der Waals surface area contributed by atoms with E-state index in [-0.39, 0.29) is 30.0 Å². The fourth-order valence-corrected chi connectivity index (χ4v) is 4.18. The Kier molecular flexibility index (Phi) is 14.9. The summed E-state index contributed by atoms with van der Waals surface area (Å²) in [5.41, 5.74) is 1.26. The Balaban J connectivity index is 0.00000512. The third kappa shape index (κ3) is 9.03. The van der Waals surface area contributed by atoms with Gasteiger partial charge in [0.05, 0.1) is 19.3 Å². The number of hydrogen-bond donors (Lipinski definition) is 1. The molecular formula is C24H43IN4O3. The van der Waals surface area contributed by atoms with Crippen molar-refractivity contribution in [1.82, 2.24) is 15.1 Å². The Bertz CT molecular complexity index is 650. The highest BCUT2D eigenvalue weighted by Crippen LogP contribution is 2.24. The molecule has 0 spiro atoms. The van der Waals surface area contributed by atoms with Gasteiger partial charge in [-0.05, 0) is 50.0 Å². The van der Waals surface area contributed by atoms with Crippen molar-refractivity contribution < 1.29 is 14.2 Å². The molecule has 184 valence electrons. The van der Waals surface area contributed by atoms with E-state index < -0.39 is 0 Å². The van der Waals surface area contributed by atoms with Crippen LogP contribution in [-0.4, -0.2) is 89.1 Å². The lowest BCUT2D eigenvalue weighted by molar-refractivity contribution is 0.00985. The van der Waals surface area contributed by atoms with Crippen LogP contribution >= 0.6 is 24.0 Å². The molecule has 0 radical (unpaired) electrons. The van der Waals surface area contributed by atoms with Crippen LogP contribution in [0.4, 0.5) is 0 Å². The summed E-state index contributed by atoms with van der Waals surface area (Å²) in [4.78, 5) is 9.38. The van der Waals surface area contributed by atoms with E-state index in [1.165, 1.54) is 5.56 Å². The molecule has 1 aliphatic rings. The first-order valence-electron chi connectivity index (χ1n) is 11.6. The van der Waals surface area contributed by atoms with E-state index in [9.17, 15) is 0 Å². The minimum absolute atomic E-state index is 0. The first-order valence-corrected chi connectivity index (χ1v) is 11.6. The highest BCUT2D eigenvalue weighted by molar-refractivity contribution is 14.0. The van der Waals surface area contributed by atoms with Crippen LogP contribution in [0.5, 0.6) is 5.75 Å². The van der Waals surface area contributed by atoms with Crippen molar-refractivity contribution in [2.24, 2.45) is 4.99 Å². The summed E-state index contributed by atoms with van der Waals surface area (Å²) in [5, 5.41) is 3.64. The summed E-state index contributed by atoms with van der Waals surface area (Å²) in [6, 6.07) is 8.64. The molecule has 0 saturated carbocycles. The van der Waals surface area contributed by atoms with Crippen molar-refractivity contribution in [3.63, 3.8) is 0 Å². The molecule has 7 nitrogen and oxygen atoms in total. The molecule has 0 bridgehead atoms. The van der Waals surface area contributed by atoms with Crippen LogP contribution in [0.3, 0.4) is 0 Å². The highest BCUT2D eigenvalue weighted by Gasteiger charge is 2.24. The number of halogens is 1. The number of nitrogens with zero attached hydrogens (tertiary/aromatic N) is 3. The summed E-state index contributed by atoms with van der Waals surface area (Å²) in [7, 11) is 5.32. The van der Waals surface area contributed by atoms with Crippen LogP contribution in [0.1, 0.15) is 44.7 Å². The van der Waals surface area contributed by atoms with E-state index in [2.05, 4.69) is 52.2 Å². The van der Waals surface area contributed by atoms with Gasteiger partial charge in [-0.3, -0.25) is 9.89 Å². The molecule has 1 heterocycles. The molecule has 8 heteroatoms. The Morgan fingerprint density at radius 1 is 1.19 bits per heavy atom.